The molecule has 0 unspecified atom stereocenters. The number of benzene rings is 1. The highest BCUT2D eigenvalue weighted by Gasteiger charge is 2.23. The molecule has 2 rings (SSSR count). The molecule has 19 heavy (non-hydrogen) atoms. The topological polar surface area (TPSA) is 38.7 Å². The number of ether oxygens (including phenoxy) is 1. The van der Waals surface area contributed by atoms with Gasteiger partial charge in [-0.25, -0.2) is 4.99 Å². The molecule has 3 nitrogen and oxygen atoms in total. The zero-order valence-corrected chi connectivity index (χ0v) is 12.2. The van der Waals surface area contributed by atoms with Gasteiger partial charge in [-0.3, -0.25) is 4.79 Å². The Bertz CT molecular complexity index is 530. The lowest BCUT2D eigenvalue weighted by Gasteiger charge is -2.04. The standard InChI is InChI=1S/C15H17NO2S/c1-4-18-15-16-13(14(17)19-15)9-11-5-7-12(8-6-11)10(2)3/h5-10H,4H2,1-3H3. The third kappa shape index (κ3) is 3.47. The van der Waals surface area contributed by atoms with E-state index >= 15 is 0 Å². The molecule has 0 aliphatic carbocycles. The van der Waals surface area contributed by atoms with Crippen LogP contribution in [0.4, 0.5) is 0 Å². The number of carbonyl (C=O) groups is 1. The van der Waals surface area contributed by atoms with E-state index < -0.39 is 0 Å². The molecule has 0 saturated carbocycles. The Morgan fingerprint density at radius 3 is 2.58 bits per heavy atom. The normalized spacial score (nSPS) is 17.2. The van der Waals surface area contributed by atoms with Crippen LogP contribution in [0.1, 0.15) is 37.8 Å². The van der Waals surface area contributed by atoms with Gasteiger partial charge in [0.05, 0.1) is 6.61 Å². The predicted octanol–water partition coefficient (Wildman–Crippen LogP) is 3.82. The molecule has 0 amide bonds. The molecule has 0 fully saturated rings. The number of aliphatic imine (C=N–C) groups is 1. The van der Waals surface area contributed by atoms with Gasteiger partial charge in [-0.05, 0) is 30.0 Å². The van der Waals surface area contributed by atoms with Gasteiger partial charge < -0.3 is 4.74 Å². The van der Waals surface area contributed by atoms with E-state index in [1.165, 1.54) is 5.56 Å². The molecule has 0 spiro atoms. The lowest BCUT2D eigenvalue weighted by atomic mass is 10.0. The van der Waals surface area contributed by atoms with Gasteiger partial charge in [0, 0.05) is 11.8 Å². The fourth-order valence-electron chi connectivity index (χ4n) is 1.71. The van der Waals surface area contributed by atoms with Crippen LogP contribution in [0.25, 0.3) is 6.08 Å². The first-order valence-corrected chi connectivity index (χ1v) is 7.17. The molecular weight excluding hydrogens is 258 g/mol. The van der Waals surface area contributed by atoms with Gasteiger partial charge in [0.15, 0.2) is 0 Å². The molecule has 0 radical (unpaired) electrons. The Hall–Kier alpha value is -1.55. The van der Waals surface area contributed by atoms with E-state index in [-0.39, 0.29) is 5.12 Å². The second kappa shape index (κ2) is 6.06. The minimum atomic E-state index is -0.0589. The van der Waals surface area contributed by atoms with Crippen LogP contribution < -0.4 is 0 Å². The van der Waals surface area contributed by atoms with Gasteiger partial charge in [-0.15, -0.1) is 0 Å². The van der Waals surface area contributed by atoms with Crippen molar-refractivity contribution in [3.63, 3.8) is 0 Å². The average molecular weight is 275 g/mol. The second-order valence-corrected chi connectivity index (χ2v) is 5.48. The molecule has 1 aliphatic rings. The summed E-state index contributed by atoms with van der Waals surface area (Å²) in [7, 11) is 0. The van der Waals surface area contributed by atoms with Crippen LogP contribution in [-0.4, -0.2) is 17.0 Å². The quantitative estimate of drug-likeness (QED) is 0.787. The summed E-state index contributed by atoms with van der Waals surface area (Å²) in [6, 6.07) is 8.18. The zero-order chi connectivity index (χ0) is 13.8. The fraction of sp³-hybridized carbons (Fsp3) is 0.333. The number of rotatable bonds is 3. The largest absolute Gasteiger partial charge is 0.473 e. The Morgan fingerprint density at radius 2 is 2.00 bits per heavy atom. The minimum absolute atomic E-state index is 0.0589. The summed E-state index contributed by atoms with van der Waals surface area (Å²) in [6.45, 7) is 6.71. The summed E-state index contributed by atoms with van der Waals surface area (Å²) in [5, 5.41) is 0.383. The number of thioether (sulfide) groups is 1. The third-order valence-corrected chi connectivity index (χ3v) is 3.55. The van der Waals surface area contributed by atoms with E-state index in [0.29, 0.717) is 23.5 Å². The van der Waals surface area contributed by atoms with Crippen LogP contribution in [-0.2, 0) is 9.53 Å². The van der Waals surface area contributed by atoms with Crippen LogP contribution in [0, 0.1) is 0 Å². The summed E-state index contributed by atoms with van der Waals surface area (Å²) in [6.07, 6.45) is 1.80. The highest BCUT2D eigenvalue weighted by atomic mass is 32.2. The molecule has 1 aromatic rings. The van der Waals surface area contributed by atoms with E-state index in [1.54, 1.807) is 6.08 Å². The van der Waals surface area contributed by atoms with Crippen LogP contribution >= 0.6 is 11.8 Å². The Labute approximate surface area is 117 Å². The number of nitrogens with zero attached hydrogens (tertiary/aromatic N) is 1. The molecule has 0 aromatic heterocycles. The van der Waals surface area contributed by atoms with E-state index in [1.807, 2.05) is 19.1 Å². The molecule has 1 heterocycles. The lowest BCUT2D eigenvalue weighted by Crippen LogP contribution is -1.95. The maximum absolute atomic E-state index is 11.7. The van der Waals surface area contributed by atoms with Gasteiger partial charge >= 0.3 is 0 Å². The molecule has 4 heteroatoms. The Kier molecular flexibility index (Phi) is 4.43. The van der Waals surface area contributed by atoms with Crippen molar-refractivity contribution in [3.05, 3.63) is 41.1 Å². The Balaban J connectivity index is 2.19. The maximum atomic E-state index is 11.7. The van der Waals surface area contributed by atoms with Gasteiger partial charge in [0.1, 0.15) is 5.70 Å². The van der Waals surface area contributed by atoms with Crippen molar-refractivity contribution in [2.75, 3.05) is 6.61 Å². The van der Waals surface area contributed by atoms with Crippen molar-refractivity contribution in [2.45, 2.75) is 26.7 Å². The van der Waals surface area contributed by atoms with Gasteiger partial charge in [0.25, 0.3) is 5.23 Å². The van der Waals surface area contributed by atoms with Crippen molar-refractivity contribution in [2.24, 2.45) is 4.99 Å². The first-order valence-electron chi connectivity index (χ1n) is 6.35. The molecule has 0 bridgehead atoms. The number of hydrogen-bond donors (Lipinski definition) is 0. The van der Waals surface area contributed by atoms with Crippen LogP contribution in [0.15, 0.2) is 35.0 Å². The van der Waals surface area contributed by atoms with Crippen LogP contribution in [0.2, 0.25) is 0 Å². The first-order chi connectivity index (χ1) is 9.10. The van der Waals surface area contributed by atoms with E-state index in [9.17, 15) is 4.79 Å². The van der Waals surface area contributed by atoms with Gasteiger partial charge in [-0.2, -0.15) is 0 Å². The van der Waals surface area contributed by atoms with E-state index in [0.717, 1.165) is 17.3 Å². The lowest BCUT2D eigenvalue weighted by molar-refractivity contribution is -0.107. The van der Waals surface area contributed by atoms with Crippen molar-refractivity contribution < 1.29 is 9.53 Å². The van der Waals surface area contributed by atoms with Crippen molar-refractivity contribution in [1.29, 1.82) is 0 Å². The molecular formula is C15H17NO2S. The maximum Gasteiger partial charge on any atom is 0.259 e. The van der Waals surface area contributed by atoms with Gasteiger partial charge in [0.2, 0.25) is 5.12 Å². The van der Waals surface area contributed by atoms with Crippen molar-refractivity contribution in [3.8, 4) is 0 Å². The first kappa shape index (κ1) is 13.9. The van der Waals surface area contributed by atoms with E-state index in [4.69, 9.17) is 4.74 Å². The van der Waals surface area contributed by atoms with Crippen molar-refractivity contribution in [1.82, 2.24) is 0 Å². The molecule has 0 N–H and O–H groups in total. The van der Waals surface area contributed by atoms with Crippen LogP contribution in [0.5, 0.6) is 0 Å². The number of hydrogen-bond acceptors (Lipinski definition) is 4. The second-order valence-electron chi connectivity index (χ2n) is 4.55. The average Bonchev–Trinajstić information content (AvgIpc) is 2.71. The summed E-state index contributed by atoms with van der Waals surface area (Å²) < 4.78 is 5.24. The van der Waals surface area contributed by atoms with E-state index in [2.05, 4.69) is 31.0 Å². The zero-order valence-electron chi connectivity index (χ0n) is 11.3. The number of carbonyl (C=O) groups excluding carboxylic acids is 1. The van der Waals surface area contributed by atoms with Crippen LogP contribution in [0.3, 0.4) is 0 Å². The predicted molar refractivity (Wildman–Crippen MR) is 80.2 cm³/mol. The molecule has 1 aliphatic heterocycles. The summed E-state index contributed by atoms with van der Waals surface area (Å²) >= 11 is 1.05. The molecule has 100 valence electrons. The molecule has 0 atom stereocenters. The monoisotopic (exact) mass is 275 g/mol. The summed E-state index contributed by atoms with van der Waals surface area (Å²) in [5.74, 6) is 0.507. The Morgan fingerprint density at radius 1 is 1.32 bits per heavy atom. The highest BCUT2D eigenvalue weighted by Crippen LogP contribution is 2.26. The van der Waals surface area contributed by atoms with Gasteiger partial charge in [-0.1, -0.05) is 38.1 Å². The minimum Gasteiger partial charge on any atom is -0.473 e. The summed E-state index contributed by atoms with van der Waals surface area (Å²) in [5.41, 5.74) is 2.72. The van der Waals surface area contributed by atoms with Crippen molar-refractivity contribution >= 4 is 28.2 Å². The highest BCUT2D eigenvalue weighted by molar-refractivity contribution is 8.26. The summed E-state index contributed by atoms with van der Waals surface area (Å²) in [4.78, 5) is 15.9. The SMILES string of the molecule is CCOC1=NC(=Cc2ccc(C(C)C)cc2)C(=O)S1. The smallest absolute Gasteiger partial charge is 0.259 e. The molecule has 0 saturated heterocycles. The fourth-order valence-corrected chi connectivity index (χ4v) is 2.40. The third-order valence-electron chi connectivity index (χ3n) is 2.78. The molecule has 1 aromatic carbocycles.